The maximum Gasteiger partial charge on any atom is 0.339 e. The molecule has 0 heterocycles. The summed E-state index contributed by atoms with van der Waals surface area (Å²) in [7, 11) is 0. The van der Waals surface area contributed by atoms with Gasteiger partial charge in [0.1, 0.15) is 23.7 Å². The highest BCUT2D eigenvalue weighted by Gasteiger charge is 2.10. The molecule has 0 saturated carbocycles. The van der Waals surface area contributed by atoms with Gasteiger partial charge in [0, 0.05) is 12.5 Å². The van der Waals surface area contributed by atoms with Crippen LogP contribution in [0.25, 0.3) is 0 Å². The van der Waals surface area contributed by atoms with E-state index in [9.17, 15) is 14.7 Å². The number of carboxylic acids is 1. The molecule has 0 aromatic heterocycles. The van der Waals surface area contributed by atoms with Crippen molar-refractivity contribution in [3.63, 3.8) is 0 Å². The number of nitrogens with one attached hydrogen (secondary N) is 1. The second kappa shape index (κ2) is 15.7. The normalized spacial score (nSPS) is 10.7. The maximum atomic E-state index is 11.8. The zero-order valence-electron chi connectivity index (χ0n) is 17.8. The Morgan fingerprint density at radius 2 is 1.52 bits per heavy atom. The van der Waals surface area contributed by atoms with Gasteiger partial charge in [0.2, 0.25) is 5.91 Å². The molecular formula is C23H37NO5. The van der Waals surface area contributed by atoms with Crippen LogP contribution in [0.2, 0.25) is 0 Å². The van der Waals surface area contributed by atoms with E-state index < -0.39 is 5.97 Å². The van der Waals surface area contributed by atoms with Gasteiger partial charge in [0.25, 0.3) is 0 Å². The molecule has 1 aromatic rings. The first-order chi connectivity index (χ1) is 14.0. The highest BCUT2D eigenvalue weighted by molar-refractivity contribution is 5.90. The summed E-state index contributed by atoms with van der Waals surface area (Å²) in [5.74, 6) is -1.14. The monoisotopic (exact) mass is 407 g/mol. The number of rotatable bonds is 17. The Morgan fingerprint density at radius 1 is 0.931 bits per heavy atom. The van der Waals surface area contributed by atoms with E-state index in [4.69, 9.17) is 9.84 Å². The Morgan fingerprint density at radius 3 is 2.07 bits per heavy atom. The van der Waals surface area contributed by atoms with Crippen LogP contribution in [0.5, 0.6) is 11.5 Å². The predicted molar refractivity (Wildman–Crippen MR) is 115 cm³/mol. The van der Waals surface area contributed by atoms with Crippen molar-refractivity contribution in [2.24, 2.45) is 0 Å². The number of phenols is 1. The summed E-state index contributed by atoms with van der Waals surface area (Å²) >= 11 is 0. The van der Waals surface area contributed by atoms with Crippen molar-refractivity contribution in [2.45, 2.75) is 84.0 Å². The van der Waals surface area contributed by atoms with Crippen molar-refractivity contribution in [1.82, 2.24) is 5.32 Å². The van der Waals surface area contributed by atoms with Crippen LogP contribution in [-0.2, 0) is 4.79 Å². The van der Waals surface area contributed by atoms with Gasteiger partial charge in [0.05, 0.1) is 6.54 Å². The van der Waals surface area contributed by atoms with E-state index in [1.54, 1.807) is 0 Å². The largest absolute Gasteiger partial charge is 0.507 e. The Balaban J connectivity index is 1.97. The SMILES string of the molecule is CCCCCCCCCCCCCC(=O)NCCOc1ccc(C(=O)O)c(O)c1. The molecule has 1 amide bonds. The summed E-state index contributed by atoms with van der Waals surface area (Å²) in [6.07, 6.45) is 14.4. The number of hydrogen-bond acceptors (Lipinski definition) is 4. The van der Waals surface area contributed by atoms with Gasteiger partial charge in [0.15, 0.2) is 0 Å². The Labute approximate surface area is 174 Å². The topological polar surface area (TPSA) is 95.9 Å². The van der Waals surface area contributed by atoms with Crippen LogP contribution < -0.4 is 10.1 Å². The van der Waals surface area contributed by atoms with Crippen LogP contribution in [-0.4, -0.2) is 35.2 Å². The number of aromatic hydroxyl groups is 1. The summed E-state index contributed by atoms with van der Waals surface area (Å²) in [5.41, 5.74) is -0.169. The third-order valence-corrected chi connectivity index (χ3v) is 4.90. The van der Waals surface area contributed by atoms with Crippen molar-refractivity contribution in [3.05, 3.63) is 23.8 Å². The second-order valence-corrected chi connectivity index (χ2v) is 7.47. The Bertz CT molecular complexity index is 603. The first-order valence-corrected chi connectivity index (χ1v) is 11.0. The smallest absolute Gasteiger partial charge is 0.339 e. The van der Waals surface area contributed by atoms with Crippen molar-refractivity contribution in [1.29, 1.82) is 0 Å². The van der Waals surface area contributed by atoms with Crippen LogP contribution >= 0.6 is 0 Å². The molecule has 6 heteroatoms. The van der Waals surface area contributed by atoms with Gasteiger partial charge >= 0.3 is 5.97 Å². The van der Waals surface area contributed by atoms with Gasteiger partial charge in [-0.3, -0.25) is 4.79 Å². The van der Waals surface area contributed by atoms with E-state index in [2.05, 4.69) is 12.2 Å². The van der Waals surface area contributed by atoms with Gasteiger partial charge in [-0.1, -0.05) is 71.1 Å². The van der Waals surface area contributed by atoms with Gasteiger partial charge in [-0.25, -0.2) is 4.79 Å². The van der Waals surface area contributed by atoms with Crippen molar-refractivity contribution in [3.8, 4) is 11.5 Å². The third-order valence-electron chi connectivity index (χ3n) is 4.90. The second-order valence-electron chi connectivity index (χ2n) is 7.47. The average Bonchev–Trinajstić information content (AvgIpc) is 2.69. The van der Waals surface area contributed by atoms with Crippen molar-refractivity contribution >= 4 is 11.9 Å². The molecule has 0 fully saturated rings. The molecule has 0 radical (unpaired) electrons. The number of hydrogen-bond donors (Lipinski definition) is 3. The molecule has 29 heavy (non-hydrogen) atoms. The van der Waals surface area contributed by atoms with E-state index in [0.717, 1.165) is 12.8 Å². The number of unbranched alkanes of at least 4 members (excludes halogenated alkanes) is 10. The highest BCUT2D eigenvalue weighted by atomic mass is 16.5. The number of carbonyl (C=O) groups is 2. The van der Waals surface area contributed by atoms with Crippen LogP contribution in [0.4, 0.5) is 0 Å². The molecule has 0 unspecified atom stereocenters. The van der Waals surface area contributed by atoms with Crippen molar-refractivity contribution < 1.29 is 24.5 Å². The van der Waals surface area contributed by atoms with Crippen LogP contribution in [0.15, 0.2) is 18.2 Å². The third kappa shape index (κ3) is 12.0. The first-order valence-electron chi connectivity index (χ1n) is 11.0. The minimum absolute atomic E-state index is 0.0218. The molecule has 0 atom stereocenters. The molecule has 0 saturated heterocycles. The number of aromatic carboxylic acids is 1. The van der Waals surface area contributed by atoms with Crippen LogP contribution in [0, 0.1) is 0 Å². The molecule has 1 rings (SSSR count). The molecule has 0 aliphatic rings. The van der Waals surface area contributed by atoms with Gasteiger partial charge in [-0.15, -0.1) is 0 Å². The van der Waals surface area contributed by atoms with E-state index in [1.807, 2.05) is 0 Å². The lowest BCUT2D eigenvalue weighted by atomic mass is 10.1. The lowest BCUT2D eigenvalue weighted by Gasteiger charge is -2.09. The average molecular weight is 408 g/mol. The lowest BCUT2D eigenvalue weighted by molar-refractivity contribution is -0.121. The fourth-order valence-electron chi connectivity index (χ4n) is 3.18. The molecule has 3 N–H and O–H groups in total. The standard InChI is InChI=1S/C23H37NO5/c1-2-3-4-5-6-7-8-9-10-11-12-13-22(26)24-16-17-29-19-14-15-20(23(27)28)21(25)18-19/h14-15,18,25H,2-13,16-17H2,1H3,(H,24,26)(H,27,28). The molecular weight excluding hydrogens is 370 g/mol. The van der Waals surface area contributed by atoms with Crippen LogP contribution in [0.1, 0.15) is 94.3 Å². The summed E-state index contributed by atoms with van der Waals surface area (Å²) in [4.78, 5) is 22.7. The predicted octanol–water partition coefficient (Wildman–Crippen LogP) is 5.29. The fourth-order valence-corrected chi connectivity index (χ4v) is 3.18. The van der Waals surface area contributed by atoms with Gasteiger partial charge in [-0.05, 0) is 18.6 Å². The minimum atomic E-state index is -1.19. The van der Waals surface area contributed by atoms with E-state index in [1.165, 1.54) is 76.0 Å². The van der Waals surface area contributed by atoms with Crippen molar-refractivity contribution in [2.75, 3.05) is 13.2 Å². The lowest BCUT2D eigenvalue weighted by Crippen LogP contribution is -2.27. The van der Waals surface area contributed by atoms with Gasteiger partial charge < -0.3 is 20.3 Å². The van der Waals surface area contributed by atoms with E-state index >= 15 is 0 Å². The van der Waals surface area contributed by atoms with E-state index in [-0.39, 0.29) is 23.8 Å². The summed E-state index contributed by atoms with van der Waals surface area (Å²) in [6.45, 7) is 2.87. The minimum Gasteiger partial charge on any atom is -0.507 e. The Hall–Kier alpha value is -2.24. The zero-order valence-corrected chi connectivity index (χ0v) is 17.8. The molecule has 0 bridgehead atoms. The number of ether oxygens (including phenoxy) is 1. The first kappa shape index (κ1) is 24.8. The number of carbonyl (C=O) groups excluding carboxylic acids is 1. The molecule has 0 aliphatic carbocycles. The maximum absolute atomic E-state index is 11.8. The summed E-state index contributed by atoms with van der Waals surface area (Å²) in [5, 5.41) is 21.3. The zero-order chi connectivity index (χ0) is 21.3. The Kier molecular flexibility index (Phi) is 13.4. The number of carboxylic acid groups (broad SMARTS) is 1. The molecule has 1 aromatic carbocycles. The summed E-state index contributed by atoms with van der Waals surface area (Å²) in [6, 6.07) is 4.03. The molecule has 6 nitrogen and oxygen atoms in total. The molecule has 0 aliphatic heterocycles. The van der Waals surface area contributed by atoms with Gasteiger partial charge in [-0.2, -0.15) is 0 Å². The quantitative estimate of drug-likeness (QED) is 0.305. The summed E-state index contributed by atoms with van der Waals surface area (Å²) < 4.78 is 5.42. The fraction of sp³-hybridized carbons (Fsp3) is 0.652. The van der Waals surface area contributed by atoms with Crippen LogP contribution in [0.3, 0.4) is 0 Å². The molecule has 164 valence electrons. The highest BCUT2D eigenvalue weighted by Crippen LogP contribution is 2.23. The number of amides is 1. The van der Waals surface area contributed by atoms with E-state index in [0.29, 0.717) is 18.7 Å². The molecule has 0 spiro atoms. The number of benzene rings is 1.